The number of rotatable bonds is 3. The summed E-state index contributed by atoms with van der Waals surface area (Å²) in [6.45, 7) is 0. The number of nitrogens with one attached hydrogen (secondary N) is 1. The molecule has 0 unspecified atom stereocenters. The highest BCUT2D eigenvalue weighted by atomic mass is 19.2. The normalized spacial score (nSPS) is 10.3. The van der Waals surface area contributed by atoms with Gasteiger partial charge in [-0.25, -0.2) is 13.2 Å². The van der Waals surface area contributed by atoms with Crippen molar-refractivity contribution in [2.24, 2.45) is 0 Å². The van der Waals surface area contributed by atoms with Gasteiger partial charge in [-0.1, -0.05) is 0 Å². The third-order valence-electron chi connectivity index (χ3n) is 2.75. The molecule has 0 aliphatic heterocycles. The number of methoxy groups -OCH3 is 1. The Morgan fingerprint density at radius 3 is 2.33 bits per heavy atom. The third-order valence-corrected chi connectivity index (χ3v) is 2.75. The molecule has 0 heterocycles. The first kappa shape index (κ1) is 14.7. The second-order valence-corrected chi connectivity index (χ2v) is 4.16. The number of anilines is 2. The molecule has 0 bridgehead atoms. The van der Waals surface area contributed by atoms with Crippen LogP contribution in [0.3, 0.4) is 0 Å². The standard InChI is InChI=1S/C14H11F3N2O2/c1-21-8-2-3-11(18)12(6-8)19-14(20)7-4-9(15)13(17)10(16)5-7/h2-6H,18H2,1H3,(H,19,20). The fraction of sp³-hybridized carbons (Fsp3) is 0.0714. The lowest BCUT2D eigenvalue weighted by atomic mass is 10.1. The van der Waals surface area contributed by atoms with Crippen molar-refractivity contribution in [1.82, 2.24) is 0 Å². The minimum atomic E-state index is -1.63. The van der Waals surface area contributed by atoms with E-state index >= 15 is 0 Å². The Bertz CT molecular complexity index is 682. The van der Waals surface area contributed by atoms with Crippen LogP contribution in [0.4, 0.5) is 24.5 Å². The highest BCUT2D eigenvalue weighted by Gasteiger charge is 2.16. The second-order valence-electron chi connectivity index (χ2n) is 4.16. The SMILES string of the molecule is COc1ccc(N)c(NC(=O)c2cc(F)c(F)c(F)c2)c1. The summed E-state index contributed by atoms with van der Waals surface area (Å²) in [7, 11) is 1.43. The number of hydrogen-bond donors (Lipinski definition) is 2. The summed E-state index contributed by atoms with van der Waals surface area (Å²) in [4.78, 5) is 11.9. The molecule has 0 fully saturated rings. The van der Waals surface area contributed by atoms with Gasteiger partial charge in [-0.05, 0) is 24.3 Å². The van der Waals surface area contributed by atoms with Crippen molar-refractivity contribution in [2.45, 2.75) is 0 Å². The van der Waals surface area contributed by atoms with E-state index in [0.717, 1.165) is 0 Å². The molecule has 4 nitrogen and oxygen atoms in total. The van der Waals surface area contributed by atoms with Crippen molar-refractivity contribution < 1.29 is 22.7 Å². The number of nitrogens with two attached hydrogens (primary N) is 1. The van der Waals surface area contributed by atoms with Gasteiger partial charge in [0.1, 0.15) is 5.75 Å². The van der Waals surface area contributed by atoms with Crippen molar-refractivity contribution in [3.05, 3.63) is 53.3 Å². The topological polar surface area (TPSA) is 64.3 Å². The Hall–Kier alpha value is -2.70. The van der Waals surface area contributed by atoms with Crippen molar-refractivity contribution in [3.8, 4) is 5.75 Å². The molecule has 3 N–H and O–H groups in total. The average Bonchev–Trinajstić information content (AvgIpc) is 2.46. The lowest BCUT2D eigenvalue weighted by molar-refractivity contribution is 0.102. The summed E-state index contributed by atoms with van der Waals surface area (Å²) in [5.74, 6) is -4.91. The van der Waals surface area contributed by atoms with E-state index in [2.05, 4.69) is 5.32 Å². The molecule has 0 aliphatic rings. The van der Waals surface area contributed by atoms with Crippen LogP contribution in [0.25, 0.3) is 0 Å². The van der Waals surface area contributed by atoms with Crippen LogP contribution in [0.1, 0.15) is 10.4 Å². The summed E-state index contributed by atoms with van der Waals surface area (Å²) in [5, 5.41) is 2.38. The zero-order chi connectivity index (χ0) is 15.6. The molecule has 110 valence electrons. The van der Waals surface area contributed by atoms with Crippen LogP contribution in [-0.2, 0) is 0 Å². The number of hydrogen-bond acceptors (Lipinski definition) is 3. The zero-order valence-corrected chi connectivity index (χ0v) is 10.9. The van der Waals surface area contributed by atoms with Gasteiger partial charge < -0.3 is 15.8 Å². The van der Waals surface area contributed by atoms with Crippen LogP contribution in [0.2, 0.25) is 0 Å². The lowest BCUT2D eigenvalue weighted by Gasteiger charge is -2.10. The summed E-state index contributed by atoms with van der Waals surface area (Å²) in [6.07, 6.45) is 0. The smallest absolute Gasteiger partial charge is 0.255 e. The Morgan fingerprint density at radius 1 is 1.14 bits per heavy atom. The van der Waals surface area contributed by atoms with Crippen LogP contribution < -0.4 is 15.8 Å². The Balaban J connectivity index is 2.30. The first-order valence-electron chi connectivity index (χ1n) is 5.81. The summed E-state index contributed by atoms with van der Waals surface area (Å²) in [6, 6.07) is 5.74. The molecule has 7 heteroatoms. The Morgan fingerprint density at radius 2 is 1.76 bits per heavy atom. The molecule has 1 amide bonds. The highest BCUT2D eigenvalue weighted by Crippen LogP contribution is 2.25. The van der Waals surface area contributed by atoms with E-state index in [-0.39, 0.29) is 16.9 Å². The summed E-state index contributed by atoms with van der Waals surface area (Å²) in [5.41, 5.74) is 5.76. The molecule has 0 atom stereocenters. The maximum absolute atomic E-state index is 13.1. The van der Waals surface area contributed by atoms with E-state index in [1.807, 2.05) is 0 Å². The molecule has 0 saturated heterocycles. The van der Waals surface area contributed by atoms with Crippen molar-refractivity contribution in [1.29, 1.82) is 0 Å². The van der Waals surface area contributed by atoms with Gasteiger partial charge in [0, 0.05) is 11.6 Å². The van der Waals surface area contributed by atoms with Gasteiger partial charge in [0.25, 0.3) is 5.91 Å². The van der Waals surface area contributed by atoms with Crippen LogP contribution in [0.15, 0.2) is 30.3 Å². The number of benzene rings is 2. The number of carbonyl (C=O) groups excluding carboxylic acids is 1. The molecule has 0 saturated carbocycles. The zero-order valence-electron chi connectivity index (χ0n) is 10.9. The molecule has 0 spiro atoms. The number of carbonyl (C=O) groups is 1. The maximum atomic E-state index is 13.1. The van der Waals surface area contributed by atoms with E-state index in [1.54, 1.807) is 6.07 Å². The largest absolute Gasteiger partial charge is 0.497 e. The summed E-state index contributed by atoms with van der Waals surface area (Å²) < 4.78 is 44.0. The van der Waals surface area contributed by atoms with E-state index < -0.39 is 23.4 Å². The minimum Gasteiger partial charge on any atom is -0.497 e. The molecule has 0 radical (unpaired) electrons. The average molecular weight is 296 g/mol. The van der Waals surface area contributed by atoms with Crippen LogP contribution in [0.5, 0.6) is 5.75 Å². The molecule has 2 aromatic rings. The van der Waals surface area contributed by atoms with Crippen molar-refractivity contribution in [2.75, 3.05) is 18.2 Å². The van der Waals surface area contributed by atoms with Gasteiger partial charge in [-0.3, -0.25) is 4.79 Å². The predicted molar refractivity (Wildman–Crippen MR) is 71.7 cm³/mol. The fourth-order valence-electron chi connectivity index (χ4n) is 1.65. The molecular weight excluding hydrogens is 285 g/mol. The van der Waals surface area contributed by atoms with E-state index in [9.17, 15) is 18.0 Å². The number of amides is 1. The van der Waals surface area contributed by atoms with Crippen molar-refractivity contribution in [3.63, 3.8) is 0 Å². The van der Waals surface area contributed by atoms with Crippen molar-refractivity contribution >= 4 is 17.3 Å². The Kier molecular flexibility index (Phi) is 4.02. The Labute approximate surface area is 118 Å². The second kappa shape index (κ2) is 5.74. The molecular formula is C14H11F3N2O2. The number of ether oxygens (including phenoxy) is 1. The molecule has 2 aromatic carbocycles. The van der Waals surface area contributed by atoms with Gasteiger partial charge in [-0.2, -0.15) is 0 Å². The van der Waals surface area contributed by atoms with E-state index in [1.165, 1.54) is 19.2 Å². The van der Waals surface area contributed by atoms with Crippen LogP contribution in [0, 0.1) is 17.5 Å². The predicted octanol–water partition coefficient (Wildman–Crippen LogP) is 2.95. The van der Waals surface area contributed by atoms with Crippen LogP contribution in [-0.4, -0.2) is 13.0 Å². The van der Waals surface area contributed by atoms with Gasteiger partial charge in [-0.15, -0.1) is 0 Å². The fourth-order valence-corrected chi connectivity index (χ4v) is 1.65. The molecule has 0 aromatic heterocycles. The first-order valence-corrected chi connectivity index (χ1v) is 5.81. The first-order chi connectivity index (χ1) is 9.92. The summed E-state index contributed by atoms with van der Waals surface area (Å²) >= 11 is 0. The van der Waals surface area contributed by atoms with E-state index in [0.29, 0.717) is 17.9 Å². The van der Waals surface area contributed by atoms with Gasteiger partial charge in [0.2, 0.25) is 0 Å². The molecule has 2 rings (SSSR count). The highest BCUT2D eigenvalue weighted by molar-refractivity contribution is 6.05. The monoisotopic (exact) mass is 296 g/mol. The molecule has 21 heavy (non-hydrogen) atoms. The van der Waals surface area contributed by atoms with Gasteiger partial charge in [0.05, 0.1) is 18.5 Å². The maximum Gasteiger partial charge on any atom is 0.255 e. The quantitative estimate of drug-likeness (QED) is 0.676. The third kappa shape index (κ3) is 3.07. The van der Waals surface area contributed by atoms with Gasteiger partial charge in [0.15, 0.2) is 17.5 Å². The molecule has 0 aliphatic carbocycles. The van der Waals surface area contributed by atoms with E-state index in [4.69, 9.17) is 10.5 Å². The minimum absolute atomic E-state index is 0.212. The lowest BCUT2D eigenvalue weighted by Crippen LogP contribution is -2.14. The number of nitrogen functional groups attached to an aromatic ring is 1. The number of halogens is 3. The van der Waals surface area contributed by atoms with Gasteiger partial charge >= 0.3 is 0 Å². The van der Waals surface area contributed by atoms with Crippen LogP contribution >= 0.6 is 0 Å².